The van der Waals surface area contributed by atoms with Crippen molar-refractivity contribution in [3.63, 3.8) is 0 Å². The highest BCUT2D eigenvalue weighted by molar-refractivity contribution is 9.10. The number of hydrogen-bond acceptors (Lipinski definition) is 5. The van der Waals surface area contributed by atoms with E-state index in [-0.39, 0.29) is 11.5 Å². The number of amides is 1. The number of rotatable bonds is 7. The molecule has 1 N–H and O–H groups in total. The molecular weight excluding hydrogens is 629 g/mol. The molecule has 1 aromatic heterocycles. The van der Waals surface area contributed by atoms with Crippen molar-refractivity contribution < 1.29 is 13.9 Å². The van der Waals surface area contributed by atoms with Crippen LogP contribution >= 0.6 is 27.3 Å². The highest BCUT2D eigenvalue weighted by atomic mass is 79.9. The summed E-state index contributed by atoms with van der Waals surface area (Å²) in [6.45, 7) is 2.12. The highest BCUT2D eigenvalue weighted by Gasteiger charge is 2.32. The lowest BCUT2D eigenvalue weighted by atomic mass is 9.95. The van der Waals surface area contributed by atoms with Crippen molar-refractivity contribution in [2.75, 3.05) is 5.32 Å². The molecule has 43 heavy (non-hydrogen) atoms. The van der Waals surface area contributed by atoms with Crippen LogP contribution in [0, 0.1) is 5.82 Å². The Morgan fingerprint density at radius 3 is 2.44 bits per heavy atom. The van der Waals surface area contributed by atoms with Gasteiger partial charge >= 0.3 is 0 Å². The number of carbonyl (C=O) groups is 1. The van der Waals surface area contributed by atoms with E-state index < -0.39 is 11.9 Å². The molecule has 0 fully saturated rings. The first-order valence-electron chi connectivity index (χ1n) is 13.5. The van der Waals surface area contributed by atoms with Crippen LogP contribution in [-0.2, 0) is 11.4 Å². The minimum atomic E-state index is -0.806. The average molecular weight is 655 g/mol. The van der Waals surface area contributed by atoms with Crippen LogP contribution in [0.1, 0.15) is 29.7 Å². The van der Waals surface area contributed by atoms with Crippen molar-refractivity contribution in [2.45, 2.75) is 19.6 Å². The number of para-hydroxylation sites is 1. The van der Waals surface area contributed by atoms with Gasteiger partial charge in [0.1, 0.15) is 18.2 Å². The number of halogens is 2. The lowest BCUT2D eigenvalue weighted by Crippen LogP contribution is -2.40. The van der Waals surface area contributed by atoms with Gasteiger partial charge in [0, 0.05) is 15.7 Å². The Morgan fingerprint density at radius 1 is 1.02 bits per heavy atom. The number of carbonyl (C=O) groups excluding carboxylic acids is 1. The minimum absolute atomic E-state index is 0.309. The van der Waals surface area contributed by atoms with E-state index in [4.69, 9.17) is 4.74 Å². The second kappa shape index (κ2) is 12.3. The maximum absolute atomic E-state index is 14.1. The molecule has 0 saturated heterocycles. The van der Waals surface area contributed by atoms with Gasteiger partial charge in [-0.2, -0.15) is 0 Å². The van der Waals surface area contributed by atoms with Gasteiger partial charge in [0.15, 0.2) is 4.80 Å². The van der Waals surface area contributed by atoms with Gasteiger partial charge in [-0.25, -0.2) is 9.38 Å². The number of thiazole rings is 1. The average Bonchev–Trinajstić information content (AvgIpc) is 3.31. The Labute approximate surface area is 259 Å². The molecular formula is C34H25BrFN3O3S. The molecule has 0 spiro atoms. The summed E-state index contributed by atoms with van der Waals surface area (Å²) in [5.41, 5.74) is 3.41. The van der Waals surface area contributed by atoms with E-state index >= 15 is 0 Å². The van der Waals surface area contributed by atoms with Crippen molar-refractivity contribution in [3.8, 4) is 5.75 Å². The summed E-state index contributed by atoms with van der Waals surface area (Å²) in [6.07, 6.45) is 1.78. The Morgan fingerprint density at radius 2 is 1.72 bits per heavy atom. The van der Waals surface area contributed by atoms with Crippen LogP contribution in [0.3, 0.4) is 0 Å². The molecule has 0 saturated carbocycles. The molecule has 6 rings (SSSR count). The van der Waals surface area contributed by atoms with E-state index in [9.17, 15) is 14.0 Å². The summed E-state index contributed by atoms with van der Waals surface area (Å²) in [5.74, 6) is -0.184. The van der Waals surface area contributed by atoms with Gasteiger partial charge in [-0.05, 0) is 66.6 Å². The van der Waals surface area contributed by atoms with Gasteiger partial charge in [0.25, 0.3) is 11.5 Å². The first kappa shape index (κ1) is 28.5. The Kier molecular flexibility index (Phi) is 8.18. The molecule has 4 aromatic carbocycles. The van der Waals surface area contributed by atoms with Crippen LogP contribution in [0.25, 0.3) is 6.08 Å². The summed E-state index contributed by atoms with van der Waals surface area (Å²) < 4.78 is 22.8. The van der Waals surface area contributed by atoms with Crippen molar-refractivity contribution in [1.82, 2.24) is 4.57 Å². The predicted octanol–water partition coefficient (Wildman–Crippen LogP) is 6.35. The second-order valence-electron chi connectivity index (χ2n) is 9.91. The molecule has 1 aliphatic rings. The Bertz CT molecular complexity index is 2020. The van der Waals surface area contributed by atoms with Crippen molar-refractivity contribution in [1.29, 1.82) is 0 Å². The van der Waals surface area contributed by atoms with Crippen molar-refractivity contribution in [3.05, 3.63) is 161 Å². The van der Waals surface area contributed by atoms with E-state index in [1.165, 1.54) is 28.0 Å². The Balaban J connectivity index is 1.45. The smallest absolute Gasteiger partial charge is 0.271 e. The topological polar surface area (TPSA) is 72.7 Å². The quantitative estimate of drug-likeness (QED) is 0.222. The lowest BCUT2D eigenvalue weighted by molar-refractivity contribution is -0.113. The largest absolute Gasteiger partial charge is 0.488 e. The monoisotopic (exact) mass is 653 g/mol. The normalized spacial score (nSPS) is 14.7. The number of nitrogens with zero attached hydrogens (tertiary/aromatic N) is 2. The van der Waals surface area contributed by atoms with Crippen LogP contribution < -0.4 is 24.9 Å². The maximum atomic E-state index is 14.1. The summed E-state index contributed by atoms with van der Waals surface area (Å²) >= 11 is 4.76. The van der Waals surface area contributed by atoms with E-state index in [1.54, 1.807) is 37.3 Å². The third kappa shape index (κ3) is 6.14. The SMILES string of the molecule is CC1=C(C(=O)Nc2ccccc2)[C@H](c2ccc(F)cc2)n2c(s/c(=C\c3cc(Br)ccc3OCc3ccccc3)c2=O)=N1. The fraction of sp³-hybridized carbons (Fsp3) is 0.0882. The van der Waals surface area contributed by atoms with E-state index in [0.717, 1.165) is 10.0 Å². The molecule has 0 aliphatic carbocycles. The van der Waals surface area contributed by atoms with Gasteiger partial charge in [-0.3, -0.25) is 14.2 Å². The number of anilines is 1. The number of nitrogens with one attached hydrogen (secondary N) is 1. The van der Waals surface area contributed by atoms with Gasteiger partial charge in [0.05, 0.1) is 21.8 Å². The summed E-state index contributed by atoms with van der Waals surface area (Å²) in [6, 6.07) is 29.6. The molecule has 0 bridgehead atoms. The molecule has 5 aromatic rings. The number of fused-ring (bicyclic) bond motifs is 1. The van der Waals surface area contributed by atoms with Gasteiger partial charge in [0.2, 0.25) is 0 Å². The first-order chi connectivity index (χ1) is 20.9. The molecule has 0 unspecified atom stereocenters. The number of ether oxygens (including phenoxy) is 1. The number of hydrogen-bond donors (Lipinski definition) is 1. The molecule has 0 radical (unpaired) electrons. The summed E-state index contributed by atoms with van der Waals surface area (Å²) in [4.78, 5) is 32.9. The number of benzene rings is 4. The first-order valence-corrected chi connectivity index (χ1v) is 15.1. The molecule has 1 amide bonds. The molecule has 214 valence electrons. The second-order valence-corrected chi connectivity index (χ2v) is 11.8. The summed E-state index contributed by atoms with van der Waals surface area (Å²) in [5, 5.41) is 2.92. The minimum Gasteiger partial charge on any atom is -0.488 e. The van der Waals surface area contributed by atoms with Crippen molar-refractivity contribution >= 4 is 44.9 Å². The van der Waals surface area contributed by atoms with Crippen molar-refractivity contribution in [2.24, 2.45) is 4.99 Å². The van der Waals surface area contributed by atoms with Crippen LogP contribution in [-0.4, -0.2) is 10.5 Å². The molecule has 1 aliphatic heterocycles. The van der Waals surface area contributed by atoms with Gasteiger partial charge in [-0.15, -0.1) is 0 Å². The third-order valence-corrected chi connectivity index (χ3v) is 8.46. The predicted molar refractivity (Wildman–Crippen MR) is 170 cm³/mol. The van der Waals surface area contributed by atoms with Gasteiger partial charge < -0.3 is 10.1 Å². The van der Waals surface area contributed by atoms with Crippen LogP contribution in [0.2, 0.25) is 0 Å². The van der Waals surface area contributed by atoms with Crippen LogP contribution in [0.5, 0.6) is 5.75 Å². The standard InChI is InChI=1S/C34H25BrFN3O3S/c1-21-30(32(40)38-27-10-6-3-7-11-27)31(23-12-15-26(36)16-13-23)39-33(41)29(43-34(39)37-21)19-24-18-25(35)14-17-28(24)42-20-22-8-4-2-5-9-22/h2-19,31H,20H2,1H3,(H,38,40)/b29-19-/t31-/m0/s1. The highest BCUT2D eigenvalue weighted by Crippen LogP contribution is 2.31. The molecule has 9 heteroatoms. The zero-order chi connectivity index (χ0) is 29.9. The molecule has 2 heterocycles. The lowest BCUT2D eigenvalue weighted by Gasteiger charge is -2.25. The zero-order valence-electron chi connectivity index (χ0n) is 23.0. The number of allylic oxidation sites excluding steroid dienone is 1. The molecule has 6 nitrogen and oxygen atoms in total. The molecule has 1 atom stereocenters. The maximum Gasteiger partial charge on any atom is 0.271 e. The van der Waals surface area contributed by atoms with E-state index in [1.807, 2.05) is 66.7 Å². The Hall–Kier alpha value is -4.60. The zero-order valence-corrected chi connectivity index (χ0v) is 25.4. The number of aromatic nitrogens is 1. The third-order valence-electron chi connectivity index (χ3n) is 6.98. The van der Waals surface area contributed by atoms with E-state index in [2.05, 4.69) is 26.2 Å². The van der Waals surface area contributed by atoms with Gasteiger partial charge in [-0.1, -0.05) is 87.9 Å². The fourth-order valence-corrected chi connectivity index (χ4v) is 6.35. The van der Waals surface area contributed by atoms with Crippen LogP contribution in [0.4, 0.5) is 10.1 Å². The fourth-order valence-electron chi connectivity index (χ4n) is 4.93. The van der Waals surface area contributed by atoms with E-state index in [0.29, 0.717) is 49.8 Å². The van der Waals surface area contributed by atoms with Crippen LogP contribution in [0.15, 0.2) is 129 Å². The summed E-state index contributed by atoms with van der Waals surface area (Å²) in [7, 11) is 0.